The molecule has 0 bridgehead atoms. The number of hydrogen-bond acceptors (Lipinski definition) is 2. The maximum atomic E-state index is 12.9. The van der Waals surface area contributed by atoms with Gasteiger partial charge in [-0.1, -0.05) is 24.3 Å². The topological polar surface area (TPSA) is 38.3 Å². The maximum absolute atomic E-state index is 12.9. The van der Waals surface area contributed by atoms with Crippen molar-refractivity contribution in [3.63, 3.8) is 0 Å². The monoisotopic (exact) mass is 301 g/mol. The molecule has 0 saturated heterocycles. The summed E-state index contributed by atoms with van der Waals surface area (Å²) in [7, 11) is 0. The van der Waals surface area contributed by atoms with E-state index in [-0.39, 0.29) is 17.8 Å². The molecule has 0 heterocycles. The number of halogens is 1. The lowest BCUT2D eigenvalue weighted by atomic mass is 10.1. The molecule has 0 aromatic heterocycles. The molecule has 2 unspecified atom stereocenters. The summed E-state index contributed by atoms with van der Waals surface area (Å²) in [4.78, 5) is 12.2. The van der Waals surface area contributed by atoms with Crippen LogP contribution >= 0.6 is 0 Å². The van der Waals surface area contributed by atoms with E-state index in [1.54, 1.807) is 19.1 Å². The molecule has 3 nitrogen and oxygen atoms in total. The molecule has 2 aromatic rings. The molecule has 0 saturated carbocycles. The van der Waals surface area contributed by atoms with E-state index < -0.39 is 6.10 Å². The van der Waals surface area contributed by atoms with Crippen LogP contribution in [-0.2, 0) is 4.79 Å². The smallest absolute Gasteiger partial charge is 0.261 e. The van der Waals surface area contributed by atoms with E-state index in [4.69, 9.17) is 4.74 Å². The van der Waals surface area contributed by atoms with Gasteiger partial charge < -0.3 is 10.1 Å². The highest BCUT2D eigenvalue weighted by Gasteiger charge is 2.17. The van der Waals surface area contributed by atoms with Crippen LogP contribution in [-0.4, -0.2) is 12.0 Å². The summed E-state index contributed by atoms with van der Waals surface area (Å²) in [5, 5.41) is 2.86. The minimum atomic E-state index is -0.607. The van der Waals surface area contributed by atoms with Gasteiger partial charge in [-0.15, -0.1) is 0 Å². The van der Waals surface area contributed by atoms with Gasteiger partial charge in [-0.3, -0.25) is 4.79 Å². The van der Waals surface area contributed by atoms with Gasteiger partial charge in [-0.05, 0) is 56.2 Å². The van der Waals surface area contributed by atoms with Crippen molar-refractivity contribution in [3.8, 4) is 5.75 Å². The highest BCUT2D eigenvalue weighted by atomic mass is 19.1. The van der Waals surface area contributed by atoms with Gasteiger partial charge in [-0.25, -0.2) is 4.39 Å². The molecule has 2 aromatic carbocycles. The first-order valence-corrected chi connectivity index (χ1v) is 7.25. The number of nitrogens with one attached hydrogen (secondary N) is 1. The summed E-state index contributed by atoms with van der Waals surface area (Å²) < 4.78 is 18.5. The van der Waals surface area contributed by atoms with Crippen LogP contribution < -0.4 is 10.1 Å². The molecule has 1 N–H and O–H groups in total. The van der Waals surface area contributed by atoms with Crippen molar-refractivity contribution in [2.24, 2.45) is 0 Å². The SMILES string of the molecule is Cc1cccc(OC(C)C(=O)NC(C)c2ccc(F)cc2)c1. The van der Waals surface area contributed by atoms with Crippen molar-refractivity contribution in [1.82, 2.24) is 5.32 Å². The van der Waals surface area contributed by atoms with E-state index in [1.165, 1.54) is 12.1 Å². The van der Waals surface area contributed by atoms with Gasteiger partial charge in [0.1, 0.15) is 11.6 Å². The first-order chi connectivity index (χ1) is 10.5. The summed E-state index contributed by atoms with van der Waals surface area (Å²) in [6.45, 7) is 5.52. The van der Waals surface area contributed by atoms with Crippen molar-refractivity contribution >= 4 is 5.91 Å². The number of ether oxygens (including phenoxy) is 1. The van der Waals surface area contributed by atoms with E-state index in [9.17, 15) is 9.18 Å². The molecular formula is C18H20FNO2. The molecule has 2 atom stereocenters. The number of carbonyl (C=O) groups is 1. The molecule has 0 aliphatic heterocycles. The van der Waals surface area contributed by atoms with Crippen molar-refractivity contribution in [2.75, 3.05) is 0 Å². The Labute approximate surface area is 130 Å². The Morgan fingerprint density at radius 2 is 1.82 bits per heavy atom. The van der Waals surface area contributed by atoms with Gasteiger partial charge in [0.15, 0.2) is 6.10 Å². The molecule has 2 rings (SSSR count). The fraction of sp³-hybridized carbons (Fsp3) is 0.278. The summed E-state index contributed by atoms with van der Waals surface area (Å²) in [6.07, 6.45) is -0.607. The number of hydrogen-bond donors (Lipinski definition) is 1. The normalized spacial score (nSPS) is 13.3. The second kappa shape index (κ2) is 7.07. The average Bonchev–Trinajstić information content (AvgIpc) is 2.47. The Bertz CT molecular complexity index is 640. The van der Waals surface area contributed by atoms with E-state index in [1.807, 2.05) is 38.1 Å². The van der Waals surface area contributed by atoms with Crippen LogP contribution in [0.15, 0.2) is 48.5 Å². The van der Waals surface area contributed by atoms with Crippen LogP contribution in [0, 0.1) is 12.7 Å². The van der Waals surface area contributed by atoms with Crippen molar-refractivity contribution < 1.29 is 13.9 Å². The third-order valence-corrected chi connectivity index (χ3v) is 3.40. The van der Waals surface area contributed by atoms with Crippen LogP contribution in [0.4, 0.5) is 4.39 Å². The number of benzene rings is 2. The molecule has 0 spiro atoms. The second-order valence-corrected chi connectivity index (χ2v) is 5.36. The van der Waals surface area contributed by atoms with E-state index in [0.717, 1.165) is 11.1 Å². The summed E-state index contributed by atoms with van der Waals surface area (Å²) in [5.74, 6) is 0.161. The molecule has 4 heteroatoms. The molecule has 0 aliphatic carbocycles. The molecule has 0 fully saturated rings. The second-order valence-electron chi connectivity index (χ2n) is 5.36. The molecular weight excluding hydrogens is 281 g/mol. The lowest BCUT2D eigenvalue weighted by Gasteiger charge is -2.19. The van der Waals surface area contributed by atoms with Crippen LogP contribution in [0.5, 0.6) is 5.75 Å². The molecule has 22 heavy (non-hydrogen) atoms. The van der Waals surface area contributed by atoms with Gasteiger partial charge in [0.05, 0.1) is 6.04 Å². The Kier molecular flexibility index (Phi) is 5.15. The number of aryl methyl sites for hydroxylation is 1. The first-order valence-electron chi connectivity index (χ1n) is 7.25. The van der Waals surface area contributed by atoms with Crippen LogP contribution in [0.3, 0.4) is 0 Å². The van der Waals surface area contributed by atoms with Gasteiger partial charge in [0, 0.05) is 0 Å². The van der Waals surface area contributed by atoms with Crippen LogP contribution in [0.25, 0.3) is 0 Å². The third-order valence-electron chi connectivity index (χ3n) is 3.40. The Balaban J connectivity index is 1.94. The summed E-state index contributed by atoms with van der Waals surface area (Å²) in [5.41, 5.74) is 1.92. The first kappa shape index (κ1) is 16.0. The molecule has 1 amide bonds. The van der Waals surface area contributed by atoms with Gasteiger partial charge >= 0.3 is 0 Å². The van der Waals surface area contributed by atoms with Crippen molar-refractivity contribution in [1.29, 1.82) is 0 Å². The number of carbonyl (C=O) groups excluding carboxylic acids is 1. The minimum Gasteiger partial charge on any atom is -0.481 e. The largest absolute Gasteiger partial charge is 0.481 e. The zero-order valence-electron chi connectivity index (χ0n) is 13.0. The highest BCUT2D eigenvalue weighted by Crippen LogP contribution is 2.16. The predicted octanol–water partition coefficient (Wildman–Crippen LogP) is 3.78. The number of rotatable bonds is 5. The van der Waals surface area contributed by atoms with Gasteiger partial charge in [0.2, 0.25) is 0 Å². The van der Waals surface area contributed by atoms with Crippen LogP contribution in [0.2, 0.25) is 0 Å². The fourth-order valence-electron chi connectivity index (χ4n) is 2.11. The average molecular weight is 301 g/mol. The van der Waals surface area contributed by atoms with Gasteiger partial charge in [0.25, 0.3) is 5.91 Å². The lowest BCUT2D eigenvalue weighted by Crippen LogP contribution is -2.37. The van der Waals surface area contributed by atoms with E-state index >= 15 is 0 Å². The Morgan fingerprint density at radius 1 is 1.14 bits per heavy atom. The summed E-state index contributed by atoms with van der Waals surface area (Å²) >= 11 is 0. The highest BCUT2D eigenvalue weighted by molar-refractivity contribution is 5.81. The minimum absolute atomic E-state index is 0.210. The zero-order chi connectivity index (χ0) is 16.1. The zero-order valence-corrected chi connectivity index (χ0v) is 13.0. The third kappa shape index (κ3) is 4.32. The van der Waals surface area contributed by atoms with E-state index in [2.05, 4.69) is 5.32 Å². The number of amides is 1. The Morgan fingerprint density at radius 3 is 2.45 bits per heavy atom. The van der Waals surface area contributed by atoms with Gasteiger partial charge in [-0.2, -0.15) is 0 Å². The molecule has 116 valence electrons. The van der Waals surface area contributed by atoms with Crippen molar-refractivity contribution in [3.05, 3.63) is 65.5 Å². The molecule has 0 radical (unpaired) electrons. The lowest BCUT2D eigenvalue weighted by molar-refractivity contribution is -0.127. The quantitative estimate of drug-likeness (QED) is 0.912. The van der Waals surface area contributed by atoms with E-state index in [0.29, 0.717) is 5.75 Å². The molecule has 0 aliphatic rings. The summed E-state index contributed by atoms with van der Waals surface area (Å²) in [6, 6.07) is 13.4. The fourth-order valence-corrected chi connectivity index (χ4v) is 2.11. The standard InChI is InChI=1S/C18H20FNO2/c1-12-5-4-6-17(11-12)22-14(3)18(21)20-13(2)15-7-9-16(19)10-8-15/h4-11,13-14H,1-3H3,(H,20,21). The van der Waals surface area contributed by atoms with Crippen molar-refractivity contribution in [2.45, 2.75) is 32.9 Å². The Hall–Kier alpha value is -2.36. The maximum Gasteiger partial charge on any atom is 0.261 e. The predicted molar refractivity (Wildman–Crippen MR) is 84.2 cm³/mol. The van der Waals surface area contributed by atoms with Crippen LogP contribution in [0.1, 0.15) is 31.0 Å².